The van der Waals surface area contributed by atoms with E-state index >= 15 is 0 Å². The van der Waals surface area contributed by atoms with Crippen LogP contribution in [0.4, 0.5) is 0 Å². The summed E-state index contributed by atoms with van der Waals surface area (Å²) in [7, 11) is 1.58. The van der Waals surface area contributed by atoms with Gasteiger partial charge in [0.2, 0.25) is 0 Å². The van der Waals surface area contributed by atoms with Gasteiger partial charge >= 0.3 is 7.62 Å². The maximum absolute atomic E-state index is 5.60. The van der Waals surface area contributed by atoms with Crippen molar-refractivity contribution in [1.82, 2.24) is 5.39 Å². The average molecular weight is 180 g/mol. The van der Waals surface area contributed by atoms with Crippen molar-refractivity contribution < 1.29 is 9.49 Å². The van der Waals surface area contributed by atoms with Gasteiger partial charge in [0.15, 0.2) is 0 Å². The number of fused-ring (bicyclic) bond motifs is 2. The fraction of sp³-hybridized carbons (Fsp3) is 1.00. The Morgan fingerprint density at radius 3 is 3.08 bits per heavy atom. The number of nitrogens with one attached hydrogen (secondary N) is 1. The Balaban J connectivity index is 1.75. The Bertz CT molecular complexity index is 238. The molecule has 0 aromatic carbocycles. The molecule has 0 amide bonds. The highest BCUT2D eigenvalue weighted by Crippen LogP contribution is 2.72. The van der Waals surface area contributed by atoms with E-state index in [0.717, 1.165) is 11.8 Å². The van der Waals surface area contributed by atoms with Crippen LogP contribution in [0.2, 0.25) is 0 Å². The van der Waals surface area contributed by atoms with Crippen LogP contribution in [0.1, 0.15) is 26.7 Å². The lowest BCUT2D eigenvalue weighted by Gasteiger charge is -2.48. The van der Waals surface area contributed by atoms with Gasteiger partial charge in [-0.25, -0.2) is 5.39 Å². The van der Waals surface area contributed by atoms with Gasteiger partial charge in [0.1, 0.15) is 6.10 Å². The van der Waals surface area contributed by atoms with Crippen molar-refractivity contribution in [2.75, 3.05) is 0 Å². The molecular formula is C9H15BNO2. The van der Waals surface area contributed by atoms with E-state index < -0.39 is 0 Å². The molecule has 3 aliphatic rings. The normalized spacial score (nSPS) is 58.0. The van der Waals surface area contributed by atoms with Gasteiger partial charge in [-0.15, -0.1) is 0 Å². The summed E-state index contributed by atoms with van der Waals surface area (Å²) in [6.45, 7) is 4.62. The van der Waals surface area contributed by atoms with E-state index in [4.69, 9.17) is 9.49 Å². The smallest absolute Gasteiger partial charge is 0.417 e. The molecule has 0 aromatic rings. The van der Waals surface area contributed by atoms with Crippen LogP contribution in [0, 0.1) is 17.3 Å². The highest BCUT2D eigenvalue weighted by atomic mass is 16.7. The molecule has 1 radical (unpaired) electrons. The second-order valence-electron chi connectivity index (χ2n) is 4.57. The summed E-state index contributed by atoms with van der Waals surface area (Å²) in [4.78, 5) is 5.36. The summed E-state index contributed by atoms with van der Waals surface area (Å²) in [5.74, 6) is 1.69. The van der Waals surface area contributed by atoms with E-state index in [1.54, 1.807) is 7.62 Å². The van der Waals surface area contributed by atoms with Crippen molar-refractivity contribution in [1.29, 1.82) is 0 Å². The van der Waals surface area contributed by atoms with E-state index in [9.17, 15) is 0 Å². The zero-order valence-electron chi connectivity index (χ0n) is 8.12. The summed E-state index contributed by atoms with van der Waals surface area (Å²) in [5.41, 5.74) is 0.470. The van der Waals surface area contributed by atoms with Crippen LogP contribution in [0.25, 0.3) is 0 Å². The largest absolute Gasteiger partial charge is 0.422 e. The molecule has 0 bridgehead atoms. The molecule has 13 heavy (non-hydrogen) atoms. The first-order valence-electron chi connectivity index (χ1n) is 5.19. The second-order valence-corrected chi connectivity index (χ2v) is 4.57. The van der Waals surface area contributed by atoms with Gasteiger partial charge in [0, 0.05) is 5.41 Å². The molecule has 1 N–H and O–H groups in total. The van der Waals surface area contributed by atoms with Crippen LogP contribution in [-0.2, 0) is 9.49 Å². The van der Waals surface area contributed by atoms with Gasteiger partial charge in [-0.2, -0.15) is 0 Å². The Morgan fingerprint density at radius 2 is 2.46 bits per heavy atom. The zero-order valence-corrected chi connectivity index (χ0v) is 8.12. The molecule has 2 saturated carbocycles. The van der Waals surface area contributed by atoms with E-state index in [1.807, 2.05) is 0 Å². The molecule has 5 atom stereocenters. The maximum atomic E-state index is 5.60. The SMILES string of the molecule is CCC1C(C)C12CC1ON[B]OC12. The van der Waals surface area contributed by atoms with E-state index in [-0.39, 0.29) is 0 Å². The average Bonchev–Trinajstić information content (AvgIpc) is 2.72. The predicted octanol–water partition coefficient (Wildman–Crippen LogP) is 0.875. The summed E-state index contributed by atoms with van der Waals surface area (Å²) < 4.78 is 5.60. The quantitative estimate of drug-likeness (QED) is 0.607. The monoisotopic (exact) mass is 180 g/mol. The Kier molecular flexibility index (Phi) is 1.59. The molecule has 3 fully saturated rings. The maximum Gasteiger partial charge on any atom is 0.422 e. The third-order valence-electron chi connectivity index (χ3n) is 4.38. The topological polar surface area (TPSA) is 30.5 Å². The Labute approximate surface area is 79.4 Å². The minimum atomic E-state index is 0.295. The molecule has 3 rings (SSSR count). The van der Waals surface area contributed by atoms with Gasteiger partial charge in [-0.3, -0.25) is 0 Å². The number of hydrogen-bond donors (Lipinski definition) is 1. The van der Waals surface area contributed by atoms with Crippen molar-refractivity contribution in [2.45, 2.75) is 38.9 Å². The van der Waals surface area contributed by atoms with Crippen molar-refractivity contribution in [3.8, 4) is 0 Å². The van der Waals surface area contributed by atoms with Gasteiger partial charge in [-0.1, -0.05) is 20.3 Å². The van der Waals surface area contributed by atoms with Gasteiger partial charge < -0.3 is 9.49 Å². The molecule has 4 heteroatoms. The third kappa shape index (κ3) is 0.821. The molecule has 0 aromatic heterocycles. The molecule has 2 aliphatic carbocycles. The molecule has 1 heterocycles. The molecule has 1 aliphatic heterocycles. The molecule has 1 saturated heterocycles. The van der Waals surface area contributed by atoms with E-state index in [2.05, 4.69) is 19.2 Å². The van der Waals surface area contributed by atoms with Crippen LogP contribution in [-0.4, -0.2) is 19.8 Å². The summed E-state index contributed by atoms with van der Waals surface area (Å²) in [5, 5.41) is 2.68. The summed E-state index contributed by atoms with van der Waals surface area (Å²) >= 11 is 0. The van der Waals surface area contributed by atoms with Gasteiger partial charge in [0.25, 0.3) is 0 Å². The van der Waals surface area contributed by atoms with Crippen molar-refractivity contribution in [2.24, 2.45) is 17.3 Å². The first kappa shape index (κ1) is 8.27. The lowest BCUT2D eigenvalue weighted by atomic mass is 9.71. The van der Waals surface area contributed by atoms with Crippen LogP contribution >= 0.6 is 0 Å². The van der Waals surface area contributed by atoms with Crippen LogP contribution in [0.15, 0.2) is 0 Å². The van der Waals surface area contributed by atoms with Gasteiger partial charge in [-0.05, 0) is 18.3 Å². The third-order valence-corrected chi connectivity index (χ3v) is 4.38. The number of rotatable bonds is 1. The summed E-state index contributed by atoms with van der Waals surface area (Å²) in [6, 6.07) is 0. The summed E-state index contributed by atoms with van der Waals surface area (Å²) in [6.07, 6.45) is 3.08. The van der Waals surface area contributed by atoms with Crippen molar-refractivity contribution >= 4 is 7.62 Å². The minimum absolute atomic E-state index is 0.295. The zero-order chi connectivity index (χ0) is 9.05. The van der Waals surface area contributed by atoms with E-state index in [1.165, 1.54) is 12.8 Å². The molecule has 3 nitrogen and oxygen atoms in total. The number of hydrogen-bond acceptors (Lipinski definition) is 3. The lowest BCUT2D eigenvalue weighted by Crippen LogP contribution is -2.60. The van der Waals surface area contributed by atoms with E-state index in [0.29, 0.717) is 17.6 Å². The fourth-order valence-corrected chi connectivity index (χ4v) is 3.59. The predicted molar refractivity (Wildman–Crippen MR) is 48.6 cm³/mol. The first-order chi connectivity index (χ1) is 6.30. The molecule has 71 valence electrons. The molecule has 5 unspecified atom stereocenters. The Hall–Kier alpha value is -0.0551. The van der Waals surface area contributed by atoms with Crippen molar-refractivity contribution in [3.63, 3.8) is 0 Å². The van der Waals surface area contributed by atoms with Crippen molar-refractivity contribution in [3.05, 3.63) is 0 Å². The second kappa shape index (κ2) is 2.50. The minimum Gasteiger partial charge on any atom is -0.417 e. The highest BCUT2D eigenvalue weighted by molar-refractivity contribution is 6.23. The molecular weight excluding hydrogens is 165 g/mol. The van der Waals surface area contributed by atoms with Crippen LogP contribution in [0.3, 0.4) is 0 Å². The Morgan fingerprint density at radius 1 is 1.62 bits per heavy atom. The lowest BCUT2D eigenvalue weighted by molar-refractivity contribution is -0.190. The van der Waals surface area contributed by atoms with Gasteiger partial charge in [0.05, 0.1) is 6.10 Å². The molecule has 1 spiro atoms. The fourth-order valence-electron chi connectivity index (χ4n) is 3.59. The highest BCUT2D eigenvalue weighted by Gasteiger charge is 2.74. The standard InChI is InChI=1S/C9H15BNO2/c1-3-6-5(2)9(6)4-7-8(9)12-10-11-13-7/h5-8,11H,3-4H2,1-2H3. The van der Waals surface area contributed by atoms with Crippen LogP contribution < -0.4 is 5.39 Å². The van der Waals surface area contributed by atoms with Crippen LogP contribution in [0.5, 0.6) is 0 Å². The first-order valence-corrected chi connectivity index (χ1v) is 5.19.